The zero-order valence-electron chi connectivity index (χ0n) is 6.16. The highest BCUT2D eigenvalue weighted by Gasteiger charge is 1.97. The van der Waals surface area contributed by atoms with Gasteiger partial charge >= 0.3 is 0 Å². The molecular weight excluding hydrogens is 130 g/mol. The van der Waals surface area contributed by atoms with E-state index < -0.39 is 0 Å². The van der Waals surface area contributed by atoms with Gasteiger partial charge < -0.3 is 9.73 Å². The molecule has 0 bridgehead atoms. The lowest BCUT2D eigenvalue weighted by atomic mass is 10.4. The molecule has 0 amide bonds. The normalized spacial score (nSPS) is 10.7. The number of hydrogen-bond acceptors (Lipinski definition) is 4. The molecule has 1 aromatic rings. The third-order valence-corrected chi connectivity index (χ3v) is 1.07. The van der Waals surface area contributed by atoms with Crippen molar-refractivity contribution < 1.29 is 4.42 Å². The molecule has 0 aliphatic rings. The van der Waals surface area contributed by atoms with E-state index in [0.717, 1.165) is 0 Å². The number of rotatable bonds is 3. The molecule has 0 atom stereocenters. The van der Waals surface area contributed by atoms with Gasteiger partial charge in [0.1, 0.15) is 0 Å². The van der Waals surface area contributed by atoms with E-state index in [0.29, 0.717) is 18.5 Å². The predicted molar refractivity (Wildman–Crippen MR) is 36.3 cm³/mol. The number of nitrogens with zero attached hydrogens (tertiary/aromatic N) is 2. The van der Waals surface area contributed by atoms with Gasteiger partial charge in [0.05, 0.1) is 6.54 Å². The van der Waals surface area contributed by atoms with E-state index in [2.05, 4.69) is 29.4 Å². The molecule has 1 N–H and O–H groups in total. The minimum atomic E-state index is 0.451. The molecule has 4 heteroatoms. The molecule has 56 valence electrons. The van der Waals surface area contributed by atoms with Crippen LogP contribution in [0.15, 0.2) is 10.8 Å². The van der Waals surface area contributed by atoms with Gasteiger partial charge in [-0.05, 0) is 0 Å². The summed E-state index contributed by atoms with van der Waals surface area (Å²) >= 11 is 0. The van der Waals surface area contributed by atoms with Gasteiger partial charge in [-0.3, -0.25) is 0 Å². The first-order chi connectivity index (χ1) is 4.79. The average Bonchev–Trinajstić information content (AvgIpc) is 2.34. The molecule has 0 aliphatic carbocycles. The van der Waals surface area contributed by atoms with Crippen LogP contribution in [0.25, 0.3) is 0 Å². The van der Waals surface area contributed by atoms with Gasteiger partial charge in [0, 0.05) is 6.04 Å². The Bertz CT molecular complexity index is 171. The average molecular weight is 141 g/mol. The summed E-state index contributed by atoms with van der Waals surface area (Å²) in [6.07, 6.45) is 1.33. The second kappa shape index (κ2) is 3.31. The van der Waals surface area contributed by atoms with Gasteiger partial charge in [-0.2, -0.15) is 0 Å². The van der Waals surface area contributed by atoms with E-state index in [-0.39, 0.29) is 0 Å². The van der Waals surface area contributed by atoms with Crippen LogP contribution in [0.2, 0.25) is 0 Å². The van der Waals surface area contributed by atoms with Crippen LogP contribution >= 0.6 is 0 Å². The second-order valence-electron chi connectivity index (χ2n) is 2.37. The van der Waals surface area contributed by atoms with Gasteiger partial charge in [-0.15, -0.1) is 10.2 Å². The SMILES string of the molecule is CC(C)NCc1nnco1. The molecule has 0 unspecified atom stereocenters. The van der Waals surface area contributed by atoms with Crippen LogP contribution in [0, 0.1) is 0 Å². The smallest absolute Gasteiger partial charge is 0.229 e. The molecule has 0 saturated carbocycles. The first kappa shape index (κ1) is 7.21. The lowest BCUT2D eigenvalue weighted by molar-refractivity contribution is 0.451. The van der Waals surface area contributed by atoms with Crippen LogP contribution in [-0.4, -0.2) is 16.2 Å². The summed E-state index contributed by atoms with van der Waals surface area (Å²) in [7, 11) is 0. The molecule has 0 radical (unpaired) electrons. The van der Waals surface area contributed by atoms with E-state index in [1.54, 1.807) is 0 Å². The Morgan fingerprint density at radius 3 is 3.00 bits per heavy atom. The van der Waals surface area contributed by atoms with Crippen LogP contribution in [0.5, 0.6) is 0 Å². The minimum Gasteiger partial charge on any atom is -0.427 e. The standard InChI is InChI=1S/C6H11N3O/c1-5(2)7-3-6-9-8-4-10-6/h4-5,7H,3H2,1-2H3. The van der Waals surface area contributed by atoms with Crippen LogP contribution < -0.4 is 5.32 Å². The van der Waals surface area contributed by atoms with E-state index in [1.165, 1.54) is 6.39 Å². The summed E-state index contributed by atoms with van der Waals surface area (Å²) in [5.74, 6) is 0.633. The van der Waals surface area contributed by atoms with Crippen LogP contribution in [-0.2, 0) is 6.54 Å². The number of aromatic nitrogens is 2. The van der Waals surface area contributed by atoms with Crippen molar-refractivity contribution in [2.45, 2.75) is 26.4 Å². The van der Waals surface area contributed by atoms with Crippen LogP contribution in [0.1, 0.15) is 19.7 Å². The van der Waals surface area contributed by atoms with E-state index >= 15 is 0 Å². The Kier molecular flexibility index (Phi) is 2.39. The lowest BCUT2D eigenvalue weighted by Gasteiger charge is -2.02. The second-order valence-corrected chi connectivity index (χ2v) is 2.37. The molecule has 0 aromatic carbocycles. The van der Waals surface area contributed by atoms with Gasteiger partial charge in [0.15, 0.2) is 0 Å². The predicted octanol–water partition coefficient (Wildman–Crippen LogP) is 0.568. The molecule has 1 aromatic heterocycles. The van der Waals surface area contributed by atoms with Gasteiger partial charge in [-0.1, -0.05) is 13.8 Å². The molecule has 1 heterocycles. The van der Waals surface area contributed by atoms with E-state index in [1.807, 2.05) is 0 Å². The summed E-state index contributed by atoms with van der Waals surface area (Å²) in [4.78, 5) is 0. The molecule has 0 fully saturated rings. The summed E-state index contributed by atoms with van der Waals surface area (Å²) in [6.45, 7) is 4.78. The summed E-state index contributed by atoms with van der Waals surface area (Å²) in [5, 5.41) is 10.4. The van der Waals surface area contributed by atoms with Crippen LogP contribution in [0.4, 0.5) is 0 Å². The maximum Gasteiger partial charge on any atom is 0.229 e. The highest BCUT2D eigenvalue weighted by molar-refractivity contribution is 4.71. The molecular formula is C6H11N3O. The van der Waals surface area contributed by atoms with Crippen molar-refractivity contribution in [2.75, 3.05) is 0 Å². The Morgan fingerprint density at radius 2 is 2.50 bits per heavy atom. The number of hydrogen-bond donors (Lipinski definition) is 1. The zero-order valence-corrected chi connectivity index (χ0v) is 6.16. The fourth-order valence-corrected chi connectivity index (χ4v) is 0.564. The van der Waals surface area contributed by atoms with Crippen molar-refractivity contribution in [3.8, 4) is 0 Å². The first-order valence-corrected chi connectivity index (χ1v) is 3.27. The molecule has 10 heavy (non-hydrogen) atoms. The maximum atomic E-state index is 4.90. The van der Waals surface area contributed by atoms with Gasteiger partial charge in [-0.25, -0.2) is 0 Å². The molecule has 4 nitrogen and oxygen atoms in total. The largest absolute Gasteiger partial charge is 0.427 e. The van der Waals surface area contributed by atoms with E-state index in [4.69, 9.17) is 4.42 Å². The highest BCUT2D eigenvalue weighted by atomic mass is 16.4. The van der Waals surface area contributed by atoms with Gasteiger partial charge in [0.25, 0.3) is 0 Å². The van der Waals surface area contributed by atoms with Crippen molar-refractivity contribution >= 4 is 0 Å². The zero-order chi connectivity index (χ0) is 7.40. The summed E-state index contributed by atoms with van der Waals surface area (Å²) in [5.41, 5.74) is 0. The fourth-order valence-electron chi connectivity index (χ4n) is 0.564. The Balaban J connectivity index is 2.28. The summed E-state index contributed by atoms with van der Waals surface area (Å²) < 4.78 is 4.90. The Hall–Kier alpha value is -0.900. The third kappa shape index (κ3) is 2.14. The van der Waals surface area contributed by atoms with Crippen molar-refractivity contribution in [2.24, 2.45) is 0 Å². The Morgan fingerprint density at radius 1 is 1.70 bits per heavy atom. The molecule has 0 saturated heterocycles. The maximum absolute atomic E-state index is 4.90. The van der Waals surface area contributed by atoms with Crippen molar-refractivity contribution in [3.05, 3.63) is 12.3 Å². The van der Waals surface area contributed by atoms with Crippen LogP contribution in [0.3, 0.4) is 0 Å². The first-order valence-electron chi connectivity index (χ1n) is 3.27. The van der Waals surface area contributed by atoms with Crippen molar-refractivity contribution in [3.63, 3.8) is 0 Å². The topological polar surface area (TPSA) is 51.0 Å². The number of nitrogens with one attached hydrogen (secondary N) is 1. The minimum absolute atomic E-state index is 0.451. The van der Waals surface area contributed by atoms with E-state index in [9.17, 15) is 0 Å². The monoisotopic (exact) mass is 141 g/mol. The highest BCUT2D eigenvalue weighted by Crippen LogP contribution is 1.90. The van der Waals surface area contributed by atoms with Gasteiger partial charge in [0.2, 0.25) is 12.3 Å². The van der Waals surface area contributed by atoms with Crippen molar-refractivity contribution in [1.29, 1.82) is 0 Å². The Labute approximate surface area is 59.6 Å². The molecule has 0 spiro atoms. The molecule has 0 aliphatic heterocycles. The van der Waals surface area contributed by atoms with Crippen molar-refractivity contribution in [1.82, 2.24) is 15.5 Å². The summed E-state index contributed by atoms with van der Waals surface area (Å²) in [6, 6.07) is 0.451. The third-order valence-electron chi connectivity index (χ3n) is 1.07. The molecule has 1 rings (SSSR count). The fraction of sp³-hybridized carbons (Fsp3) is 0.667. The lowest BCUT2D eigenvalue weighted by Crippen LogP contribution is -2.21. The quantitative estimate of drug-likeness (QED) is 0.668.